The number of hydrogen-bond acceptors (Lipinski definition) is 5. The second kappa shape index (κ2) is 6.65. The van der Waals surface area contributed by atoms with Gasteiger partial charge in [0.1, 0.15) is 5.54 Å². The third kappa shape index (κ3) is 2.86. The van der Waals surface area contributed by atoms with Crippen molar-refractivity contribution in [2.24, 2.45) is 0 Å². The number of fused-ring (bicyclic) bond motifs is 1. The Hall–Kier alpha value is -3.29. The topological polar surface area (TPSA) is 89.9 Å². The van der Waals surface area contributed by atoms with E-state index in [1.54, 1.807) is 31.2 Å². The van der Waals surface area contributed by atoms with Crippen LogP contribution in [0.1, 0.15) is 41.2 Å². The zero-order valence-electron chi connectivity index (χ0n) is 16.9. The number of hydrogen-bond donors (Lipinski definition) is 1. The van der Waals surface area contributed by atoms with E-state index in [9.17, 15) is 14.4 Å². The number of imide groups is 1. The molecule has 1 N–H and O–H groups in total. The van der Waals surface area contributed by atoms with Crippen LogP contribution < -0.4 is 14.8 Å². The molecule has 1 saturated heterocycles. The Morgan fingerprint density at radius 2 is 1.90 bits per heavy atom. The lowest BCUT2D eigenvalue weighted by molar-refractivity contribution is -0.130. The number of Topliss-reactive ketones (excluding diaryl/α,β-unsaturated/α-hetero) is 1. The molecule has 29 heavy (non-hydrogen) atoms. The molecule has 3 heterocycles. The molecule has 0 spiro atoms. The minimum atomic E-state index is -1.28. The van der Waals surface area contributed by atoms with E-state index in [0.717, 1.165) is 22.8 Å². The fraction of sp³-hybridized carbons (Fsp3) is 0.381. The summed E-state index contributed by atoms with van der Waals surface area (Å²) in [5.74, 6) is 0.370. The van der Waals surface area contributed by atoms with Gasteiger partial charge in [0.25, 0.3) is 5.91 Å². The number of carbonyl (C=O) groups is 3. The number of urea groups is 1. The predicted molar refractivity (Wildman–Crippen MR) is 104 cm³/mol. The Bertz CT molecular complexity index is 1040. The second-order valence-corrected chi connectivity index (χ2v) is 7.47. The first-order valence-electron chi connectivity index (χ1n) is 9.50. The molecule has 3 amide bonds. The van der Waals surface area contributed by atoms with Crippen LogP contribution in [-0.4, -0.2) is 40.5 Å². The summed E-state index contributed by atoms with van der Waals surface area (Å²) in [5, 5.41) is 2.72. The van der Waals surface area contributed by atoms with E-state index < -0.39 is 17.5 Å². The normalized spacial score (nSPS) is 20.3. The summed E-state index contributed by atoms with van der Waals surface area (Å²) in [6, 6.07) is 6.31. The molecular weight excluding hydrogens is 374 g/mol. The SMILES string of the molecule is CCn1c(C)cc(C(=O)CN2C(=O)N[C@](C)(c3ccc4c(c3)OCO4)C2=O)c1C. The highest BCUT2D eigenvalue weighted by Gasteiger charge is 2.50. The molecule has 2 aliphatic heterocycles. The van der Waals surface area contributed by atoms with Gasteiger partial charge in [-0.15, -0.1) is 0 Å². The summed E-state index contributed by atoms with van der Waals surface area (Å²) >= 11 is 0. The highest BCUT2D eigenvalue weighted by Crippen LogP contribution is 2.37. The maximum absolute atomic E-state index is 13.1. The summed E-state index contributed by atoms with van der Waals surface area (Å²) in [5.41, 5.74) is 1.62. The minimum Gasteiger partial charge on any atom is -0.454 e. The van der Waals surface area contributed by atoms with Crippen LogP contribution in [0.15, 0.2) is 24.3 Å². The minimum absolute atomic E-state index is 0.118. The summed E-state index contributed by atoms with van der Waals surface area (Å²) in [7, 11) is 0. The Morgan fingerprint density at radius 1 is 1.17 bits per heavy atom. The van der Waals surface area contributed by atoms with Crippen molar-refractivity contribution in [1.29, 1.82) is 0 Å². The van der Waals surface area contributed by atoms with Gasteiger partial charge in [-0.05, 0) is 51.5 Å². The fourth-order valence-electron chi connectivity index (χ4n) is 4.04. The van der Waals surface area contributed by atoms with Crippen molar-refractivity contribution in [2.75, 3.05) is 13.3 Å². The van der Waals surface area contributed by atoms with Crippen molar-refractivity contribution in [3.8, 4) is 11.5 Å². The molecule has 0 unspecified atom stereocenters. The molecule has 1 aromatic carbocycles. The molecule has 1 atom stereocenters. The number of benzene rings is 1. The van der Waals surface area contributed by atoms with Gasteiger partial charge >= 0.3 is 6.03 Å². The van der Waals surface area contributed by atoms with Gasteiger partial charge in [0, 0.05) is 23.5 Å². The van der Waals surface area contributed by atoms with E-state index in [-0.39, 0.29) is 19.1 Å². The van der Waals surface area contributed by atoms with Gasteiger partial charge in [-0.3, -0.25) is 14.5 Å². The van der Waals surface area contributed by atoms with Crippen LogP contribution in [0, 0.1) is 13.8 Å². The molecule has 0 aliphatic carbocycles. The van der Waals surface area contributed by atoms with Gasteiger partial charge < -0.3 is 19.4 Å². The predicted octanol–water partition coefficient (Wildman–Crippen LogP) is 2.50. The number of ether oxygens (including phenoxy) is 2. The van der Waals surface area contributed by atoms with Crippen LogP contribution >= 0.6 is 0 Å². The average molecular weight is 397 g/mol. The van der Waals surface area contributed by atoms with Crippen molar-refractivity contribution in [3.05, 3.63) is 46.8 Å². The number of nitrogens with zero attached hydrogens (tertiary/aromatic N) is 2. The third-order valence-corrected chi connectivity index (χ3v) is 5.72. The van der Waals surface area contributed by atoms with Crippen LogP contribution in [-0.2, 0) is 16.9 Å². The molecule has 2 aromatic rings. The summed E-state index contributed by atoms with van der Waals surface area (Å²) in [4.78, 5) is 39.5. The van der Waals surface area contributed by atoms with Crippen LogP contribution in [0.2, 0.25) is 0 Å². The smallest absolute Gasteiger partial charge is 0.325 e. The molecule has 1 fully saturated rings. The van der Waals surface area contributed by atoms with Gasteiger partial charge in [0.2, 0.25) is 6.79 Å². The molecular formula is C21H23N3O5. The number of carbonyl (C=O) groups excluding carboxylic acids is 3. The molecule has 0 bridgehead atoms. The van der Waals surface area contributed by atoms with Crippen LogP contribution in [0.3, 0.4) is 0 Å². The number of ketones is 1. The molecule has 2 aliphatic rings. The van der Waals surface area contributed by atoms with Crippen molar-refractivity contribution in [2.45, 2.75) is 39.8 Å². The number of aromatic nitrogens is 1. The van der Waals surface area contributed by atoms with Gasteiger partial charge in [0.05, 0.1) is 6.54 Å². The summed E-state index contributed by atoms with van der Waals surface area (Å²) in [6.45, 7) is 7.98. The highest BCUT2D eigenvalue weighted by atomic mass is 16.7. The van der Waals surface area contributed by atoms with Crippen molar-refractivity contribution in [3.63, 3.8) is 0 Å². The van der Waals surface area contributed by atoms with E-state index >= 15 is 0 Å². The van der Waals surface area contributed by atoms with Crippen LogP contribution in [0.5, 0.6) is 11.5 Å². The van der Waals surface area contributed by atoms with Gasteiger partial charge in [-0.1, -0.05) is 6.07 Å². The lowest BCUT2D eigenvalue weighted by Crippen LogP contribution is -2.41. The maximum atomic E-state index is 13.1. The van der Waals surface area contributed by atoms with Gasteiger partial charge in [0.15, 0.2) is 17.3 Å². The third-order valence-electron chi connectivity index (χ3n) is 5.72. The van der Waals surface area contributed by atoms with E-state index in [4.69, 9.17) is 9.47 Å². The van der Waals surface area contributed by atoms with Crippen LogP contribution in [0.4, 0.5) is 4.79 Å². The molecule has 0 radical (unpaired) electrons. The molecule has 8 heteroatoms. The van der Waals surface area contributed by atoms with Gasteiger partial charge in [-0.25, -0.2) is 4.79 Å². The lowest BCUT2D eigenvalue weighted by Gasteiger charge is -2.22. The maximum Gasteiger partial charge on any atom is 0.325 e. The first-order chi connectivity index (χ1) is 13.8. The molecule has 0 saturated carbocycles. The molecule has 152 valence electrons. The Balaban J connectivity index is 1.59. The van der Waals surface area contributed by atoms with Crippen molar-refractivity contribution >= 4 is 17.7 Å². The van der Waals surface area contributed by atoms with E-state index in [1.165, 1.54) is 0 Å². The summed E-state index contributed by atoms with van der Waals surface area (Å²) < 4.78 is 12.7. The van der Waals surface area contributed by atoms with E-state index in [1.807, 2.05) is 25.3 Å². The van der Waals surface area contributed by atoms with E-state index in [0.29, 0.717) is 22.6 Å². The first-order valence-corrected chi connectivity index (χ1v) is 9.50. The summed E-state index contributed by atoms with van der Waals surface area (Å²) in [6.07, 6.45) is 0. The second-order valence-electron chi connectivity index (χ2n) is 7.47. The van der Waals surface area contributed by atoms with Gasteiger partial charge in [-0.2, -0.15) is 0 Å². The number of amides is 3. The molecule has 8 nitrogen and oxygen atoms in total. The standard InChI is InChI=1S/C21H23N3O5/c1-5-23-12(2)8-15(13(23)3)16(25)10-24-19(26)21(4,22-20(24)27)14-6-7-17-18(9-14)29-11-28-17/h6-9H,5,10-11H2,1-4H3,(H,22,27)/t21-/m1/s1. The average Bonchev–Trinajstić information content (AvgIpc) is 3.33. The Kier molecular flexibility index (Phi) is 4.37. The quantitative estimate of drug-likeness (QED) is 0.618. The molecule has 1 aromatic heterocycles. The zero-order valence-corrected chi connectivity index (χ0v) is 16.9. The Labute approximate surface area is 168 Å². The molecule has 4 rings (SSSR count). The monoisotopic (exact) mass is 397 g/mol. The zero-order chi connectivity index (χ0) is 20.9. The number of rotatable bonds is 5. The van der Waals surface area contributed by atoms with Crippen molar-refractivity contribution in [1.82, 2.24) is 14.8 Å². The van der Waals surface area contributed by atoms with E-state index in [2.05, 4.69) is 5.32 Å². The Morgan fingerprint density at radius 3 is 2.59 bits per heavy atom. The largest absolute Gasteiger partial charge is 0.454 e. The highest BCUT2D eigenvalue weighted by molar-refractivity contribution is 6.11. The number of nitrogens with one attached hydrogen (secondary N) is 1. The number of aryl methyl sites for hydroxylation is 1. The van der Waals surface area contributed by atoms with Crippen molar-refractivity contribution < 1.29 is 23.9 Å². The first kappa shape index (κ1) is 19.0. The fourth-order valence-corrected chi connectivity index (χ4v) is 4.04. The lowest BCUT2D eigenvalue weighted by atomic mass is 9.91. The van der Waals surface area contributed by atoms with Crippen LogP contribution in [0.25, 0.3) is 0 Å².